The van der Waals surface area contributed by atoms with E-state index in [-0.39, 0.29) is 22.4 Å². The van der Waals surface area contributed by atoms with E-state index < -0.39 is 11.7 Å². The summed E-state index contributed by atoms with van der Waals surface area (Å²) in [7, 11) is 1.52. The van der Waals surface area contributed by atoms with Crippen molar-refractivity contribution >= 4 is 29.0 Å². The number of anilines is 2. The molecule has 0 unspecified atom stereocenters. The van der Waals surface area contributed by atoms with E-state index in [0.717, 1.165) is 18.2 Å². The highest BCUT2D eigenvalue weighted by Gasteiger charge is 2.31. The van der Waals surface area contributed by atoms with E-state index in [4.69, 9.17) is 16.3 Å². The van der Waals surface area contributed by atoms with Crippen LogP contribution >= 0.6 is 11.6 Å². The van der Waals surface area contributed by atoms with E-state index in [1.54, 1.807) is 0 Å². The second-order valence-corrected chi connectivity index (χ2v) is 5.41. The third-order valence-electron chi connectivity index (χ3n) is 3.17. The normalized spacial score (nSPS) is 11.2. The predicted molar refractivity (Wildman–Crippen MR) is 88.2 cm³/mol. The summed E-state index contributed by atoms with van der Waals surface area (Å²) in [6.45, 7) is 0.738. The topological polar surface area (TPSA) is 63.2 Å². The van der Waals surface area contributed by atoms with Crippen LogP contribution in [0.5, 0.6) is 0 Å². The molecule has 2 N–H and O–H groups in total. The number of aromatic nitrogens is 1. The molecule has 2 aromatic rings. The Hall–Kier alpha value is -2.32. The van der Waals surface area contributed by atoms with Gasteiger partial charge in [0.25, 0.3) is 5.91 Å². The molecule has 9 heteroatoms. The van der Waals surface area contributed by atoms with Gasteiger partial charge in [-0.25, -0.2) is 4.98 Å². The molecule has 134 valence electrons. The summed E-state index contributed by atoms with van der Waals surface area (Å²) in [5.74, 6) is -0.0668. The van der Waals surface area contributed by atoms with Gasteiger partial charge in [0.1, 0.15) is 5.82 Å². The Balaban J connectivity index is 2.10. The van der Waals surface area contributed by atoms with Gasteiger partial charge in [-0.3, -0.25) is 4.79 Å². The molecule has 1 aromatic carbocycles. The van der Waals surface area contributed by atoms with E-state index in [9.17, 15) is 18.0 Å². The quantitative estimate of drug-likeness (QED) is 0.754. The summed E-state index contributed by atoms with van der Waals surface area (Å²) in [5, 5.41) is 5.46. The lowest BCUT2D eigenvalue weighted by Crippen LogP contribution is -2.26. The average Bonchev–Trinajstić information content (AvgIpc) is 2.56. The van der Waals surface area contributed by atoms with Crippen LogP contribution in [-0.4, -0.2) is 31.2 Å². The van der Waals surface area contributed by atoms with Crippen LogP contribution in [-0.2, 0) is 10.9 Å². The Bertz CT molecular complexity index is 736. The first-order valence-electron chi connectivity index (χ1n) is 7.18. The molecule has 0 fully saturated rings. The highest BCUT2D eigenvalue weighted by atomic mass is 35.5. The Morgan fingerprint density at radius 3 is 2.64 bits per heavy atom. The van der Waals surface area contributed by atoms with Crippen LogP contribution < -0.4 is 10.6 Å². The number of pyridine rings is 1. The van der Waals surface area contributed by atoms with Gasteiger partial charge in [0.15, 0.2) is 0 Å². The first-order chi connectivity index (χ1) is 11.8. The zero-order valence-electron chi connectivity index (χ0n) is 13.2. The van der Waals surface area contributed by atoms with Gasteiger partial charge in [-0.2, -0.15) is 13.2 Å². The molecule has 1 heterocycles. The van der Waals surface area contributed by atoms with Crippen molar-refractivity contribution in [3.8, 4) is 0 Å². The highest BCUT2D eigenvalue weighted by Crippen LogP contribution is 2.34. The van der Waals surface area contributed by atoms with E-state index in [2.05, 4.69) is 15.6 Å². The SMILES string of the molecule is COCCNC(=O)c1ccc(Nc2cc(C(F)(F)F)ccc2Cl)nc1. The van der Waals surface area contributed by atoms with Gasteiger partial charge < -0.3 is 15.4 Å². The number of halogens is 4. The third-order valence-corrected chi connectivity index (χ3v) is 3.50. The molecule has 0 aliphatic heterocycles. The number of nitrogens with one attached hydrogen (secondary N) is 2. The number of hydrogen-bond donors (Lipinski definition) is 2. The molecule has 0 atom stereocenters. The summed E-state index contributed by atoms with van der Waals surface area (Å²) < 4.78 is 43.1. The molecule has 0 aliphatic rings. The third kappa shape index (κ3) is 5.33. The molecule has 5 nitrogen and oxygen atoms in total. The fraction of sp³-hybridized carbons (Fsp3) is 0.250. The number of ether oxygens (including phenoxy) is 1. The molecule has 0 bridgehead atoms. The Kier molecular flexibility index (Phi) is 6.22. The van der Waals surface area contributed by atoms with Gasteiger partial charge in [-0.1, -0.05) is 11.6 Å². The highest BCUT2D eigenvalue weighted by molar-refractivity contribution is 6.33. The van der Waals surface area contributed by atoms with Crippen molar-refractivity contribution in [3.63, 3.8) is 0 Å². The van der Waals surface area contributed by atoms with Crippen LogP contribution in [0.15, 0.2) is 36.5 Å². The number of hydrogen-bond acceptors (Lipinski definition) is 4. The molecule has 0 aliphatic carbocycles. The molecular formula is C16H15ClF3N3O2. The number of carbonyl (C=O) groups excluding carboxylic acids is 1. The summed E-state index contributed by atoms with van der Waals surface area (Å²) in [6.07, 6.45) is -3.16. The van der Waals surface area contributed by atoms with Crippen molar-refractivity contribution in [2.45, 2.75) is 6.18 Å². The summed E-state index contributed by atoms with van der Waals surface area (Å²) in [6, 6.07) is 5.93. The van der Waals surface area contributed by atoms with E-state index in [1.807, 2.05) is 0 Å². The second kappa shape index (κ2) is 8.17. The number of nitrogens with zero attached hydrogens (tertiary/aromatic N) is 1. The molecule has 0 radical (unpaired) electrons. The Morgan fingerprint density at radius 2 is 2.04 bits per heavy atom. The zero-order chi connectivity index (χ0) is 18.4. The molecule has 0 spiro atoms. The minimum Gasteiger partial charge on any atom is -0.383 e. The molecule has 1 aromatic heterocycles. The van der Waals surface area contributed by atoms with E-state index in [1.165, 1.54) is 25.4 Å². The first-order valence-corrected chi connectivity index (χ1v) is 7.56. The molecule has 1 amide bonds. The predicted octanol–water partition coefficient (Wildman–Crippen LogP) is 3.87. The number of benzene rings is 1. The minimum atomic E-state index is -4.47. The lowest BCUT2D eigenvalue weighted by molar-refractivity contribution is -0.137. The molecule has 2 rings (SSSR count). The Labute approximate surface area is 147 Å². The van der Waals surface area contributed by atoms with Gasteiger partial charge in [0.05, 0.1) is 28.4 Å². The van der Waals surface area contributed by atoms with E-state index >= 15 is 0 Å². The average molecular weight is 374 g/mol. The van der Waals surface area contributed by atoms with Crippen molar-refractivity contribution in [1.29, 1.82) is 0 Å². The minimum absolute atomic E-state index is 0.0706. The van der Waals surface area contributed by atoms with Gasteiger partial charge in [-0.05, 0) is 30.3 Å². The van der Waals surface area contributed by atoms with Crippen molar-refractivity contribution < 1.29 is 22.7 Å². The van der Waals surface area contributed by atoms with Crippen LogP contribution in [0, 0.1) is 0 Å². The van der Waals surface area contributed by atoms with Gasteiger partial charge in [0, 0.05) is 19.9 Å². The summed E-state index contributed by atoms with van der Waals surface area (Å²) in [5.41, 5.74) is -0.438. The number of carbonyl (C=O) groups is 1. The maximum absolute atomic E-state index is 12.8. The monoisotopic (exact) mass is 373 g/mol. The van der Waals surface area contributed by atoms with Crippen molar-refractivity contribution in [1.82, 2.24) is 10.3 Å². The van der Waals surface area contributed by atoms with Gasteiger partial charge in [-0.15, -0.1) is 0 Å². The van der Waals surface area contributed by atoms with Crippen LogP contribution in [0.2, 0.25) is 5.02 Å². The fourth-order valence-corrected chi connectivity index (χ4v) is 2.07. The largest absolute Gasteiger partial charge is 0.416 e. The maximum Gasteiger partial charge on any atom is 0.416 e. The number of amides is 1. The van der Waals surface area contributed by atoms with Crippen LogP contribution in [0.4, 0.5) is 24.7 Å². The Morgan fingerprint density at radius 1 is 1.28 bits per heavy atom. The maximum atomic E-state index is 12.8. The summed E-state index contributed by atoms with van der Waals surface area (Å²) in [4.78, 5) is 15.8. The molecule has 0 saturated carbocycles. The number of alkyl halides is 3. The summed E-state index contributed by atoms with van der Waals surface area (Å²) >= 11 is 5.92. The van der Waals surface area contributed by atoms with Gasteiger partial charge in [0.2, 0.25) is 0 Å². The van der Waals surface area contributed by atoms with Crippen molar-refractivity contribution in [2.75, 3.05) is 25.6 Å². The molecule has 0 saturated heterocycles. The standard InChI is InChI=1S/C16H15ClF3N3O2/c1-25-7-6-21-15(24)10-2-5-14(22-9-10)23-13-8-11(16(18,19)20)3-4-12(13)17/h2-5,8-9H,6-7H2,1H3,(H,21,24)(H,22,23). The van der Waals surface area contributed by atoms with Crippen molar-refractivity contribution in [2.24, 2.45) is 0 Å². The molecular weight excluding hydrogens is 359 g/mol. The second-order valence-electron chi connectivity index (χ2n) is 5.00. The van der Waals surface area contributed by atoms with E-state index in [0.29, 0.717) is 18.7 Å². The number of methoxy groups -OCH3 is 1. The smallest absolute Gasteiger partial charge is 0.383 e. The molecule has 25 heavy (non-hydrogen) atoms. The zero-order valence-corrected chi connectivity index (χ0v) is 13.9. The fourth-order valence-electron chi connectivity index (χ4n) is 1.91. The van der Waals surface area contributed by atoms with Gasteiger partial charge >= 0.3 is 6.18 Å². The van der Waals surface area contributed by atoms with Crippen LogP contribution in [0.3, 0.4) is 0 Å². The van der Waals surface area contributed by atoms with Crippen molar-refractivity contribution in [3.05, 3.63) is 52.7 Å². The number of rotatable bonds is 6. The van der Waals surface area contributed by atoms with Crippen LogP contribution in [0.1, 0.15) is 15.9 Å². The lowest BCUT2D eigenvalue weighted by Gasteiger charge is -2.12. The van der Waals surface area contributed by atoms with Crippen LogP contribution in [0.25, 0.3) is 0 Å². The first kappa shape index (κ1) is 19.0. The lowest BCUT2D eigenvalue weighted by atomic mass is 10.2.